The van der Waals surface area contributed by atoms with Gasteiger partial charge < -0.3 is 0 Å². The molecule has 12 heavy (non-hydrogen) atoms. The molecule has 0 aromatic rings. The van der Waals surface area contributed by atoms with E-state index in [-0.39, 0.29) is 6.92 Å². The van der Waals surface area contributed by atoms with Crippen molar-refractivity contribution in [3.63, 3.8) is 0 Å². The summed E-state index contributed by atoms with van der Waals surface area (Å²) in [7, 11) is 0. The zero-order chi connectivity index (χ0) is 10.2. The van der Waals surface area contributed by atoms with Gasteiger partial charge in [-0.25, -0.2) is 13.2 Å². The topological polar surface area (TPSA) is 0 Å². The van der Waals surface area contributed by atoms with Gasteiger partial charge >= 0.3 is 6.18 Å². The van der Waals surface area contributed by atoms with Gasteiger partial charge in [0.2, 0.25) is 0 Å². The molecule has 0 aromatic carbocycles. The molecule has 0 bridgehead atoms. The molecule has 0 spiro atoms. The smallest absolute Gasteiger partial charge is 0.227 e. The molecule has 0 aromatic heterocycles. The van der Waals surface area contributed by atoms with E-state index < -0.39 is 24.2 Å². The van der Waals surface area contributed by atoms with Crippen molar-refractivity contribution in [2.24, 2.45) is 0 Å². The fourth-order valence-electron chi connectivity index (χ4n) is 0.539. The summed E-state index contributed by atoms with van der Waals surface area (Å²) < 4.78 is 72.1. The Kier molecular flexibility index (Phi) is 2.71. The maximum absolute atomic E-state index is 12.5. The van der Waals surface area contributed by atoms with Crippen LogP contribution in [-0.4, -0.2) is 17.8 Å². The van der Waals surface area contributed by atoms with Crippen LogP contribution >= 0.6 is 0 Å². The largest absolute Gasteiger partial charge is 0.428 e. The number of rotatable bonds is 2. The Hall–Kier alpha value is -0.420. The molecule has 0 radical (unpaired) electrons. The van der Waals surface area contributed by atoms with Crippen LogP contribution < -0.4 is 0 Å². The van der Waals surface area contributed by atoms with E-state index in [0.717, 1.165) is 6.92 Å². The van der Waals surface area contributed by atoms with E-state index in [1.807, 2.05) is 0 Å². The Labute approximate surface area is 65.6 Å². The van der Waals surface area contributed by atoms with Crippen molar-refractivity contribution >= 4 is 0 Å². The van der Waals surface area contributed by atoms with Crippen LogP contribution in [0.1, 0.15) is 20.3 Å². The Morgan fingerprint density at radius 1 is 0.917 bits per heavy atom. The van der Waals surface area contributed by atoms with Crippen molar-refractivity contribution in [1.82, 2.24) is 0 Å². The zero-order valence-electron chi connectivity index (χ0n) is 6.47. The molecule has 1 unspecified atom stereocenters. The lowest BCUT2D eigenvalue weighted by molar-refractivity contribution is -0.295. The van der Waals surface area contributed by atoms with E-state index in [9.17, 15) is 26.3 Å². The summed E-state index contributed by atoms with van der Waals surface area (Å²) >= 11 is 0. The molecule has 0 fully saturated rings. The van der Waals surface area contributed by atoms with Gasteiger partial charge in [0.25, 0.3) is 11.6 Å². The second-order valence-corrected chi connectivity index (χ2v) is 2.56. The Morgan fingerprint density at radius 3 is 1.33 bits per heavy atom. The Balaban J connectivity index is 4.85. The van der Waals surface area contributed by atoms with E-state index in [2.05, 4.69) is 0 Å². The van der Waals surface area contributed by atoms with Crippen LogP contribution in [0, 0.1) is 0 Å². The minimum atomic E-state index is -5.54. The van der Waals surface area contributed by atoms with Gasteiger partial charge in [0, 0.05) is 6.42 Å². The number of alkyl halides is 6. The lowest BCUT2D eigenvalue weighted by atomic mass is 9.97. The predicted octanol–water partition coefficient (Wildman–Crippen LogP) is 3.32. The third-order valence-corrected chi connectivity index (χ3v) is 1.66. The molecule has 1 atom stereocenters. The fourth-order valence-corrected chi connectivity index (χ4v) is 0.539. The monoisotopic (exact) mass is 194 g/mol. The molecular formula is C6H8F6. The van der Waals surface area contributed by atoms with Gasteiger partial charge in [0.15, 0.2) is 0 Å². The first-order chi connectivity index (χ1) is 5.06. The minimum Gasteiger partial charge on any atom is -0.227 e. The Bertz CT molecular complexity index is 156. The molecule has 0 aliphatic carbocycles. The number of hydrogen-bond acceptors (Lipinski definition) is 0. The van der Waals surface area contributed by atoms with Crippen LogP contribution in [0.25, 0.3) is 0 Å². The standard InChI is InChI=1S/C6H8F6/c1-3-5(8,9)4(2,7)6(10,11)12/h3H2,1-2H3. The highest BCUT2D eigenvalue weighted by Gasteiger charge is 2.66. The van der Waals surface area contributed by atoms with E-state index in [0.29, 0.717) is 0 Å². The summed E-state index contributed by atoms with van der Waals surface area (Å²) in [6.45, 7) is 0.639. The third-order valence-electron chi connectivity index (χ3n) is 1.66. The van der Waals surface area contributed by atoms with Crippen LogP contribution in [-0.2, 0) is 0 Å². The van der Waals surface area contributed by atoms with Crippen molar-refractivity contribution in [3.05, 3.63) is 0 Å². The van der Waals surface area contributed by atoms with Crippen LogP contribution in [0.4, 0.5) is 26.3 Å². The lowest BCUT2D eigenvalue weighted by Gasteiger charge is -2.30. The van der Waals surface area contributed by atoms with E-state index in [1.54, 1.807) is 0 Å². The fraction of sp³-hybridized carbons (Fsp3) is 1.00. The first kappa shape index (κ1) is 11.6. The second kappa shape index (κ2) is 2.81. The van der Waals surface area contributed by atoms with Gasteiger partial charge in [-0.3, -0.25) is 0 Å². The first-order valence-corrected chi connectivity index (χ1v) is 3.19. The van der Waals surface area contributed by atoms with Crippen molar-refractivity contribution in [2.75, 3.05) is 0 Å². The SMILES string of the molecule is CCC(F)(F)C(C)(F)C(F)(F)F. The molecule has 0 saturated carbocycles. The van der Waals surface area contributed by atoms with Gasteiger partial charge in [0.1, 0.15) is 0 Å². The van der Waals surface area contributed by atoms with Crippen molar-refractivity contribution in [1.29, 1.82) is 0 Å². The molecular weight excluding hydrogens is 186 g/mol. The summed E-state index contributed by atoms with van der Waals surface area (Å²) in [5, 5.41) is 0. The summed E-state index contributed by atoms with van der Waals surface area (Å²) in [5.41, 5.74) is -4.45. The van der Waals surface area contributed by atoms with Crippen LogP contribution in [0.3, 0.4) is 0 Å². The molecule has 0 N–H and O–H groups in total. The van der Waals surface area contributed by atoms with Gasteiger partial charge in [-0.15, -0.1) is 0 Å². The maximum Gasteiger partial charge on any atom is 0.428 e. The van der Waals surface area contributed by atoms with Gasteiger partial charge in [-0.05, 0) is 6.92 Å². The summed E-state index contributed by atoms with van der Waals surface area (Å²) in [6, 6.07) is 0. The average Bonchev–Trinajstić information content (AvgIpc) is 1.85. The molecule has 0 nitrogen and oxygen atoms in total. The Morgan fingerprint density at radius 2 is 1.25 bits per heavy atom. The summed E-state index contributed by atoms with van der Waals surface area (Å²) in [6.07, 6.45) is -6.72. The van der Waals surface area contributed by atoms with Gasteiger partial charge in [0.05, 0.1) is 0 Å². The maximum atomic E-state index is 12.5. The van der Waals surface area contributed by atoms with Crippen LogP contribution in [0.5, 0.6) is 0 Å². The molecule has 0 rings (SSSR count). The van der Waals surface area contributed by atoms with E-state index in [4.69, 9.17) is 0 Å². The predicted molar refractivity (Wildman–Crippen MR) is 30.8 cm³/mol. The third kappa shape index (κ3) is 1.67. The van der Waals surface area contributed by atoms with E-state index in [1.165, 1.54) is 0 Å². The molecule has 0 aliphatic rings. The normalized spacial score (nSPS) is 19.0. The van der Waals surface area contributed by atoms with Gasteiger partial charge in [-0.1, -0.05) is 6.92 Å². The zero-order valence-corrected chi connectivity index (χ0v) is 6.47. The molecule has 0 heterocycles. The first-order valence-electron chi connectivity index (χ1n) is 3.19. The average molecular weight is 194 g/mol. The molecule has 74 valence electrons. The lowest BCUT2D eigenvalue weighted by Crippen LogP contribution is -2.52. The number of hydrogen-bond donors (Lipinski definition) is 0. The molecule has 0 aliphatic heterocycles. The number of halogens is 6. The van der Waals surface area contributed by atoms with Crippen molar-refractivity contribution in [3.8, 4) is 0 Å². The summed E-state index contributed by atoms with van der Waals surface area (Å²) in [5.74, 6) is -4.37. The highest BCUT2D eigenvalue weighted by Crippen LogP contribution is 2.46. The van der Waals surface area contributed by atoms with E-state index >= 15 is 0 Å². The highest BCUT2D eigenvalue weighted by atomic mass is 19.4. The molecule has 0 saturated heterocycles. The van der Waals surface area contributed by atoms with Gasteiger partial charge in [-0.2, -0.15) is 13.2 Å². The van der Waals surface area contributed by atoms with Crippen LogP contribution in [0.15, 0.2) is 0 Å². The highest BCUT2D eigenvalue weighted by molar-refractivity contribution is 4.95. The second-order valence-electron chi connectivity index (χ2n) is 2.56. The van der Waals surface area contributed by atoms with Crippen LogP contribution in [0.2, 0.25) is 0 Å². The molecule has 6 heteroatoms. The van der Waals surface area contributed by atoms with Crippen molar-refractivity contribution < 1.29 is 26.3 Å². The summed E-state index contributed by atoms with van der Waals surface area (Å²) in [4.78, 5) is 0. The molecule has 0 amide bonds. The minimum absolute atomic E-state index is 0.156. The quantitative estimate of drug-likeness (QED) is 0.591. The van der Waals surface area contributed by atoms with Crippen molar-refractivity contribution in [2.45, 2.75) is 38.0 Å².